The summed E-state index contributed by atoms with van der Waals surface area (Å²) in [4.78, 5) is 17.3. The molecule has 128 valence electrons. The van der Waals surface area contributed by atoms with E-state index in [9.17, 15) is 9.18 Å². The number of hydrogen-bond acceptors (Lipinski definition) is 4. The smallest absolute Gasteiger partial charge is 0.266 e. The van der Waals surface area contributed by atoms with Crippen molar-refractivity contribution in [3.8, 4) is 0 Å². The van der Waals surface area contributed by atoms with E-state index in [4.69, 9.17) is 11.6 Å². The molecule has 0 spiro atoms. The second kappa shape index (κ2) is 6.82. The highest BCUT2D eigenvalue weighted by Crippen LogP contribution is 2.12. The van der Waals surface area contributed by atoms with Crippen molar-refractivity contribution in [3.05, 3.63) is 91.2 Å². The Morgan fingerprint density at radius 1 is 1.00 bits per heavy atom. The van der Waals surface area contributed by atoms with Gasteiger partial charge in [0.25, 0.3) is 5.56 Å². The summed E-state index contributed by atoms with van der Waals surface area (Å²) in [5, 5.41) is 4.90. The molecule has 0 N–H and O–H groups in total. The maximum Gasteiger partial charge on any atom is 0.291 e. The van der Waals surface area contributed by atoms with Gasteiger partial charge < -0.3 is 0 Å². The second-order valence-electron chi connectivity index (χ2n) is 5.52. The van der Waals surface area contributed by atoms with Gasteiger partial charge in [0.05, 0.1) is 4.53 Å². The average molecular weight is 384 g/mol. The van der Waals surface area contributed by atoms with Crippen LogP contribution in [0.4, 0.5) is 4.39 Å². The molecule has 0 unspecified atom stereocenters. The molecular weight excluding hydrogens is 373 g/mol. The molecule has 2 aromatic carbocycles. The van der Waals surface area contributed by atoms with Crippen molar-refractivity contribution in [2.24, 2.45) is 0 Å². The van der Waals surface area contributed by atoms with E-state index in [2.05, 4.69) is 10.1 Å². The van der Waals surface area contributed by atoms with E-state index in [1.165, 1.54) is 28.0 Å². The fraction of sp³-hybridized carbons (Fsp3) is 0. The van der Waals surface area contributed by atoms with E-state index in [-0.39, 0.29) is 11.4 Å². The van der Waals surface area contributed by atoms with Crippen molar-refractivity contribution in [1.82, 2.24) is 14.6 Å². The van der Waals surface area contributed by atoms with Crippen LogP contribution in [-0.4, -0.2) is 14.6 Å². The lowest BCUT2D eigenvalue weighted by molar-refractivity contribution is 0.628. The first-order valence-corrected chi connectivity index (χ1v) is 8.88. The Morgan fingerprint density at radius 3 is 2.38 bits per heavy atom. The number of halogens is 2. The monoisotopic (exact) mass is 383 g/mol. The van der Waals surface area contributed by atoms with Crippen molar-refractivity contribution in [3.63, 3.8) is 0 Å². The second-order valence-corrected chi connectivity index (χ2v) is 6.96. The molecule has 0 saturated heterocycles. The third-order valence-electron chi connectivity index (χ3n) is 3.66. The van der Waals surface area contributed by atoms with Gasteiger partial charge in [-0.3, -0.25) is 4.79 Å². The largest absolute Gasteiger partial charge is 0.291 e. The number of fused-ring (bicyclic) bond motifs is 1. The zero-order valence-electron chi connectivity index (χ0n) is 13.3. The quantitative estimate of drug-likeness (QED) is 0.542. The van der Waals surface area contributed by atoms with Crippen LogP contribution in [0, 0.1) is 5.82 Å². The Bertz CT molecular complexity index is 1210. The molecule has 0 radical (unpaired) electrons. The van der Waals surface area contributed by atoms with Crippen LogP contribution in [0.1, 0.15) is 17.0 Å². The first-order valence-electron chi connectivity index (χ1n) is 7.69. The number of hydrogen-bond donors (Lipinski definition) is 0. The molecule has 0 saturated carbocycles. The fourth-order valence-corrected chi connectivity index (χ4v) is 3.42. The molecule has 4 rings (SSSR count). The molecule has 0 bridgehead atoms. The van der Waals surface area contributed by atoms with Crippen LogP contribution in [0.15, 0.2) is 53.3 Å². The fourth-order valence-electron chi connectivity index (χ4n) is 2.37. The molecule has 7 heteroatoms. The van der Waals surface area contributed by atoms with Crippen molar-refractivity contribution >= 4 is 46.1 Å². The number of benzene rings is 2. The molecular formula is C19H11ClFN3OS. The Labute approximate surface area is 156 Å². The van der Waals surface area contributed by atoms with Crippen LogP contribution in [0.5, 0.6) is 0 Å². The van der Waals surface area contributed by atoms with E-state index in [0.29, 0.717) is 20.3 Å². The summed E-state index contributed by atoms with van der Waals surface area (Å²) in [5.74, 6) is 0.140. The third-order valence-corrected chi connectivity index (χ3v) is 4.87. The summed E-state index contributed by atoms with van der Waals surface area (Å²) >= 11 is 7.10. The van der Waals surface area contributed by atoms with Crippen LogP contribution >= 0.6 is 22.9 Å². The maximum atomic E-state index is 13.0. The molecule has 4 nitrogen and oxygen atoms in total. The summed E-state index contributed by atoms with van der Waals surface area (Å²) < 4.78 is 14.8. The van der Waals surface area contributed by atoms with Crippen LogP contribution in [0.3, 0.4) is 0 Å². The molecule has 2 heterocycles. The number of rotatable bonds is 3. The van der Waals surface area contributed by atoms with Gasteiger partial charge in [0.15, 0.2) is 5.82 Å². The van der Waals surface area contributed by atoms with Crippen LogP contribution < -0.4 is 10.1 Å². The first kappa shape index (κ1) is 16.6. The molecule has 0 aliphatic carbocycles. The van der Waals surface area contributed by atoms with Crippen molar-refractivity contribution < 1.29 is 4.39 Å². The van der Waals surface area contributed by atoms with Gasteiger partial charge in [-0.25, -0.2) is 4.39 Å². The highest BCUT2D eigenvalue weighted by molar-refractivity contribution is 7.15. The lowest BCUT2D eigenvalue weighted by atomic mass is 10.2. The number of aromatic nitrogens is 3. The average Bonchev–Trinajstić information content (AvgIpc) is 3.16. The molecule has 0 atom stereocenters. The number of nitrogens with zero attached hydrogens (tertiary/aromatic N) is 3. The molecule has 4 aromatic rings. The van der Waals surface area contributed by atoms with Crippen LogP contribution in [-0.2, 0) is 0 Å². The first-order chi connectivity index (χ1) is 12.6. The lowest BCUT2D eigenvalue weighted by Crippen LogP contribution is -2.23. The maximum absolute atomic E-state index is 13.0. The van der Waals surface area contributed by atoms with Gasteiger partial charge in [0.1, 0.15) is 5.82 Å². The van der Waals surface area contributed by atoms with Crippen molar-refractivity contribution in [2.75, 3.05) is 0 Å². The van der Waals surface area contributed by atoms with E-state index in [1.54, 1.807) is 36.4 Å². The van der Waals surface area contributed by atoms with E-state index < -0.39 is 0 Å². The Hall–Kier alpha value is -2.83. The highest BCUT2D eigenvalue weighted by Gasteiger charge is 2.08. The zero-order chi connectivity index (χ0) is 18.1. The van der Waals surface area contributed by atoms with Gasteiger partial charge in [-0.05, 0) is 47.5 Å². The Balaban J connectivity index is 1.66. The van der Waals surface area contributed by atoms with Gasteiger partial charge in [0.2, 0.25) is 4.96 Å². The standard InChI is InChI=1S/C19H11ClFN3OS/c20-14-6-1-12(2-7-14)5-10-17-22-19-24(23-17)18(25)16(26-19)11-13-3-8-15(21)9-4-13/h1-11H. The van der Waals surface area contributed by atoms with Gasteiger partial charge in [0, 0.05) is 5.02 Å². The molecule has 0 aliphatic rings. The Morgan fingerprint density at radius 2 is 1.69 bits per heavy atom. The van der Waals surface area contributed by atoms with Gasteiger partial charge in [-0.15, -0.1) is 5.10 Å². The lowest BCUT2D eigenvalue weighted by Gasteiger charge is -1.92. The van der Waals surface area contributed by atoms with Crippen molar-refractivity contribution in [1.29, 1.82) is 0 Å². The van der Waals surface area contributed by atoms with E-state index >= 15 is 0 Å². The minimum atomic E-state index is -0.315. The van der Waals surface area contributed by atoms with E-state index in [0.717, 1.165) is 11.1 Å². The molecule has 2 aromatic heterocycles. The summed E-state index contributed by atoms with van der Waals surface area (Å²) in [6, 6.07) is 13.3. The van der Waals surface area contributed by atoms with Crippen molar-refractivity contribution in [2.45, 2.75) is 0 Å². The van der Waals surface area contributed by atoms with E-state index in [1.807, 2.05) is 18.2 Å². The molecule has 0 fully saturated rings. The third kappa shape index (κ3) is 3.42. The summed E-state index contributed by atoms with van der Waals surface area (Å²) in [6.07, 6.45) is 5.30. The SMILES string of the molecule is O=c1c(=Cc2ccc(F)cc2)sc2nc(C=Cc3ccc(Cl)cc3)nn12. The van der Waals surface area contributed by atoms with Gasteiger partial charge in [-0.2, -0.15) is 9.50 Å². The van der Waals surface area contributed by atoms with Gasteiger partial charge >= 0.3 is 0 Å². The Kier molecular flexibility index (Phi) is 4.36. The zero-order valence-corrected chi connectivity index (χ0v) is 14.8. The van der Waals surface area contributed by atoms with Crippen LogP contribution in [0.2, 0.25) is 5.02 Å². The summed E-state index contributed by atoms with van der Waals surface area (Å²) in [6.45, 7) is 0. The summed E-state index contributed by atoms with van der Waals surface area (Å²) in [7, 11) is 0. The topological polar surface area (TPSA) is 47.3 Å². The van der Waals surface area contributed by atoms with Gasteiger partial charge in [-0.1, -0.05) is 53.3 Å². The minimum Gasteiger partial charge on any atom is -0.266 e. The number of thiazole rings is 1. The minimum absolute atomic E-state index is 0.243. The van der Waals surface area contributed by atoms with Crippen LogP contribution in [0.25, 0.3) is 23.2 Å². The molecule has 0 amide bonds. The molecule has 26 heavy (non-hydrogen) atoms. The normalized spacial score (nSPS) is 12.5. The predicted octanol–water partition coefficient (Wildman–Crippen LogP) is 3.66. The predicted molar refractivity (Wildman–Crippen MR) is 103 cm³/mol. The highest BCUT2D eigenvalue weighted by atomic mass is 35.5. The molecule has 0 aliphatic heterocycles. The summed E-state index contributed by atoms with van der Waals surface area (Å²) in [5.41, 5.74) is 1.46.